The van der Waals surface area contributed by atoms with Gasteiger partial charge in [0.25, 0.3) is 0 Å². The maximum atomic E-state index is 5.64. The third-order valence-corrected chi connectivity index (χ3v) is 3.92. The monoisotopic (exact) mass is 291 g/mol. The Morgan fingerprint density at radius 3 is 2.47 bits per heavy atom. The lowest BCUT2D eigenvalue weighted by Crippen LogP contribution is -2.15. The van der Waals surface area contributed by atoms with Crippen LogP contribution in [-0.2, 0) is 9.47 Å². The molecule has 0 heterocycles. The van der Waals surface area contributed by atoms with Gasteiger partial charge in [0.05, 0.1) is 6.10 Å². The summed E-state index contributed by atoms with van der Waals surface area (Å²) in [5, 5.41) is 3.33. The fourth-order valence-electron chi connectivity index (χ4n) is 2.06. The molecular formula is C15H34NO2P. The van der Waals surface area contributed by atoms with E-state index in [2.05, 4.69) is 18.7 Å². The van der Waals surface area contributed by atoms with Crippen LogP contribution in [0.4, 0.5) is 0 Å². The van der Waals surface area contributed by atoms with Crippen LogP contribution in [0, 0.1) is 0 Å². The van der Waals surface area contributed by atoms with Crippen LogP contribution in [0.1, 0.15) is 58.3 Å². The first-order valence-corrected chi connectivity index (χ1v) is 9.35. The van der Waals surface area contributed by atoms with E-state index in [-0.39, 0.29) is 0 Å². The zero-order valence-electron chi connectivity index (χ0n) is 13.2. The molecule has 0 radical (unpaired) electrons. The van der Waals surface area contributed by atoms with Gasteiger partial charge in [0.1, 0.15) is 0 Å². The maximum absolute atomic E-state index is 5.64. The SMILES string of the molecule is CCCCCCCC(CCOCCCNPC)OC. The Bertz CT molecular complexity index is 170. The fraction of sp³-hybridized carbons (Fsp3) is 1.00. The molecule has 1 N–H and O–H groups in total. The molecule has 2 unspecified atom stereocenters. The van der Waals surface area contributed by atoms with E-state index in [4.69, 9.17) is 9.47 Å². The molecule has 2 atom stereocenters. The van der Waals surface area contributed by atoms with E-state index < -0.39 is 0 Å². The van der Waals surface area contributed by atoms with Gasteiger partial charge in [-0.3, -0.25) is 5.09 Å². The number of hydrogen-bond donors (Lipinski definition) is 1. The zero-order chi connectivity index (χ0) is 14.2. The highest BCUT2D eigenvalue weighted by molar-refractivity contribution is 7.34. The maximum Gasteiger partial charge on any atom is 0.0593 e. The van der Waals surface area contributed by atoms with E-state index in [9.17, 15) is 0 Å². The van der Waals surface area contributed by atoms with E-state index in [1.54, 1.807) is 0 Å². The average Bonchev–Trinajstić information content (AvgIpc) is 2.44. The molecule has 0 aliphatic rings. The second-order valence-corrected chi connectivity index (χ2v) is 5.85. The highest BCUT2D eigenvalue weighted by Crippen LogP contribution is 2.11. The molecule has 0 bridgehead atoms. The summed E-state index contributed by atoms with van der Waals surface area (Å²) in [7, 11) is 2.66. The number of methoxy groups -OCH3 is 1. The highest BCUT2D eigenvalue weighted by atomic mass is 31.1. The predicted octanol–water partition coefficient (Wildman–Crippen LogP) is 3.97. The molecule has 0 aromatic carbocycles. The van der Waals surface area contributed by atoms with Crippen molar-refractivity contribution in [1.82, 2.24) is 5.09 Å². The van der Waals surface area contributed by atoms with Gasteiger partial charge in [0.15, 0.2) is 0 Å². The molecule has 19 heavy (non-hydrogen) atoms. The molecule has 0 aromatic heterocycles. The quantitative estimate of drug-likeness (QED) is 0.366. The van der Waals surface area contributed by atoms with E-state index in [1.807, 2.05) is 7.11 Å². The average molecular weight is 291 g/mol. The number of nitrogens with one attached hydrogen (secondary N) is 1. The molecule has 0 amide bonds. The second-order valence-electron chi connectivity index (χ2n) is 4.99. The Balaban J connectivity index is 3.29. The van der Waals surface area contributed by atoms with Gasteiger partial charge in [-0.1, -0.05) is 47.8 Å². The van der Waals surface area contributed by atoms with Crippen LogP contribution in [0.5, 0.6) is 0 Å². The first-order chi connectivity index (χ1) is 9.35. The Hall–Kier alpha value is 0.310. The number of unbranched alkanes of at least 4 members (excludes halogenated alkanes) is 4. The van der Waals surface area contributed by atoms with Crippen molar-refractivity contribution in [1.29, 1.82) is 0 Å². The summed E-state index contributed by atoms with van der Waals surface area (Å²) in [4.78, 5) is 0. The van der Waals surface area contributed by atoms with Crippen molar-refractivity contribution < 1.29 is 9.47 Å². The number of ether oxygens (including phenoxy) is 2. The number of rotatable bonds is 15. The third kappa shape index (κ3) is 14.5. The largest absolute Gasteiger partial charge is 0.381 e. The molecule has 0 aliphatic heterocycles. The molecule has 116 valence electrons. The van der Waals surface area contributed by atoms with Crippen LogP contribution in [0.25, 0.3) is 0 Å². The third-order valence-electron chi connectivity index (χ3n) is 3.31. The van der Waals surface area contributed by atoms with Crippen molar-refractivity contribution in [2.24, 2.45) is 0 Å². The van der Waals surface area contributed by atoms with Crippen molar-refractivity contribution >= 4 is 8.73 Å². The van der Waals surface area contributed by atoms with Crippen molar-refractivity contribution in [3.05, 3.63) is 0 Å². The first kappa shape index (κ1) is 19.3. The minimum atomic E-state index is 0.386. The minimum absolute atomic E-state index is 0.386. The lowest BCUT2D eigenvalue weighted by atomic mass is 10.1. The summed E-state index contributed by atoms with van der Waals surface area (Å²) >= 11 is 0. The lowest BCUT2D eigenvalue weighted by Gasteiger charge is -2.15. The molecule has 0 fully saturated rings. The van der Waals surface area contributed by atoms with Crippen LogP contribution < -0.4 is 5.09 Å². The Labute approximate surface area is 122 Å². The van der Waals surface area contributed by atoms with Gasteiger partial charge in [-0.25, -0.2) is 0 Å². The van der Waals surface area contributed by atoms with E-state index in [0.717, 1.165) is 41.3 Å². The Morgan fingerprint density at radius 2 is 1.79 bits per heavy atom. The molecular weight excluding hydrogens is 257 g/mol. The van der Waals surface area contributed by atoms with Crippen LogP contribution >= 0.6 is 8.73 Å². The summed E-state index contributed by atoms with van der Waals surface area (Å²) in [5.41, 5.74) is 0. The van der Waals surface area contributed by atoms with Gasteiger partial charge in [0, 0.05) is 26.9 Å². The summed E-state index contributed by atoms with van der Waals surface area (Å²) in [6.45, 7) is 7.18. The highest BCUT2D eigenvalue weighted by Gasteiger charge is 2.06. The van der Waals surface area contributed by atoms with E-state index in [1.165, 1.54) is 38.5 Å². The standard InChI is InChI=1S/C15H34NO2P/c1-4-5-6-7-8-10-15(17-2)11-14-18-13-9-12-16-19-3/h15-16,19H,4-14H2,1-3H3. The molecule has 0 saturated heterocycles. The smallest absolute Gasteiger partial charge is 0.0593 e. The van der Waals surface area contributed by atoms with Crippen molar-refractivity contribution in [3.8, 4) is 0 Å². The molecule has 0 aliphatic carbocycles. The van der Waals surface area contributed by atoms with Crippen LogP contribution in [0.2, 0.25) is 0 Å². The van der Waals surface area contributed by atoms with Crippen LogP contribution in [0.15, 0.2) is 0 Å². The van der Waals surface area contributed by atoms with Gasteiger partial charge < -0.3 is 9.47 Å². The van der Waals surface area contributed by atoms with Gasteiger partial charge in [-0.2, -0.15) is 0 Å². The molecule has 4 heteroatoms. The minimum Gasteiger partial charge on any atom is -0.381 e. The number of hydrogen-bond acceptors (Lipinski definition) is 3. The zero-order valence-corrected chi connectivity index (χ0v) is 14.2. The van der Waals surface area contributed by atoms with Crippen molar-refractivity contribution in [2.45, 2.75) is 64.4 Å². The van der Waals surface area contributed by atoms with E-state index in [0.29, 0.717) is 6.10 Å². The van der Waals surface area contributed by atoms with Gasteiger partial charge in [0.2, 0.25) is 0 Å². The summed E-state index contributed by atoms with van der Waals surface area (Å²) in [6, 6.07) is 0. The summed E-state index contributed by atoms with van der Waals surface area (Å²) < 4.78 is 11.2. The molecule has 3 nitrogen and oxygen atoms in total. The molecule has 0 spiro atoms. The molecule has 0 aromatic rings. The Morgan fingerprint density at radius 1 is 1.00 bits per heavy atom. The topological polar surface area (TPSA) is 30.5 Å². The normalized spacial score (nSPS) is 13.4. The van der Waals surface area contributed by atoms with E-state index >= 15 is 0 Å². The second kappa shape index (κ2) is 16.4. The first-order valence-electron chi connectivity index (χ1n) is 7.85. The van der Waals surface area contributed by atoms with Gasteiger partial charge in [-0.05, 0) is 25.9 Å². The molecule has 0 rings (SSSR count). The lowest BCUT2D eigenvalue weighted by molar-refractivity contribution is 0.0455. The van der Waals surface area contributed by atoms with Crippen molar-refractivity contribution in [2.75, 3.05) is 33.5 Å². The van der Waals surface area contributed by atoms with Crippen LogP contribution in [0.3, 0.4) is 0 Å². The summed E-state index contributed by atoms with van der Waals surface area (Å²) in [6.07, 6.45) is 10.4. The predicted molar refractivity (Wildman–Crippen MR) is 86.5 cm³/mol. The molecule has 0 saturated carbocycles. The Kier molecular flexibility index (Phi) is 16.6. The van der Waals surface area contributed by atoms with Crippen LogP contribution in [-0.4, -0.2) is 39.6 Å². The summed E-state index contributed by atoms with van der Waals surface area (Å²) in [5.74, 6) is 0. The van der Waals surface area contributed by atoms with Gasteiger partial charge >= 0.3 is 0 Å². The fourth-order valence-corrected chi connectivity index (χ4v) is 2.49. The van der Waals surface area contributed by atoms with Gasteiger partial charge in [-0.15, -0.1) is 0 Å². The van der Waals surface area contributed by atoms with Crippen molar-refractivity contribution in [3.63, 3.8) is 0 Å².